The number of piperazine rings is 1. The summed E-state index contributed by atoms with van der Waals surface area (Å²) in [5.74, 6) is 0.891. The Kier molecular flexibility index (Phi) is 8.76. The largest absolute Gasteiger partial charge is 0.497 e. The van der Waals surface area contributed by atoms with E-state index in [1.165, 1.54) is 0 Å². The molecule has 1 aliphatic rings. The van der Waals surface area contributed by atoms with Gasteiger partial charge in [0, 0.05) is 31.7 Å². The van der Waals surface area contributed by atoms with E-state index < -0.39 is 0 Å². The third-order valence-electron chi connectivity index (χ3n) is 2.97. The van der Waals surface area contributed by atoms with Gasteiger partial charge < -0.3 is 10.1 Å². The molecule has 0 atom stereocenters. The van der Waals surface area contributed by atoms with Crippen LogP contribution in [0.2, 0.25) is 0 Å². The molecule has 0 bridgehead atoms. The fourth-order valence-corrected chi connectivity index (χ4v) is 1.96. The zero-order chi connectivity index (χ0) is 12.1. The number of Topliss-reactive ketones (excluding diaryl/α,β-unsaturated/α-hetero) is 1. The van der Waals surface area contributed by atoms with Crippen molar-refractivity contribution in [1.82, 2.24) is 10.2 Å². The Labute approximate surface area is 126 Å². The molecule has 0 radical (unpaired) electrons. The molecule has 1 aromatic carbocycles. The first-order chi connectivity index (χ1) is 8.29. The molecule has 1 fully saturated rings. The molecule has 0 amide bonds. The van der Waals surface area contributed by atoms with Crippen molar-refractivity contribution in [2.75, 3.05) is 39.8 Å². The van der Waals surface area contributed by atoms with E-state index in [9.17, 15) is 4.79 Å². The van der Waals surface area contributed by atoms with Crippen molar-refractivity contribution in [3.8, 4) is 5.75 Å². The van der Waals surface area contributed by atoms with Crippen molar-refractivity contribution < 1.29 is 9.53 Å². The summed E-state index contributed by atoms with van der Waals surface area (Å²) in [6.45, 7) is 4.30. The number of ether oxygens (including phenoxy) is 1. The summed E-state index contributed by atoms with van der Waals surface area (Å²) < 4.78 is 5.12. The lowest BCUT2D eigenvalue weighted by Crippen LogP contribution is -2.45. The smallest absolute Gasteiger partial charge is 0.176 e. The Morgan fingerprint density at radius 3 is 2.63 bits per heavy atom. The van der Waals surface area contributed by atoms with Gasteiger partial charge in [-0.2, -0.15) is 0 Å². The molecule has 0 unspecified atom stereocenters. The minimum absolute atomic E-state index is 0. The third kappa shape index (κ3) is 5.37. The number of nitrogens with zero attached hydrogens (tertiary/aromatic N) is 1. The van der Waals surface area contributed by atoms with Crippen LogP contribution in [0.15, 0.2) is 24.3 Å². The molecule has 19 heavy (non-hydrogen) atoms. The number of carbonyl (C=O) groups excluding carboxylic acids is 1. The van der Waals surface area contributed by atoms with E-state index in [1.807, 2.05) is 18.2 Å². The van der Waals surface area contributed by atoms with Crippen molar-refractivity contribution in [2.24, 2.45) is 0 Å². The number of hydrogen-bond acceptors (Lipinski definition) is 4. The number of hydrogen-bond donors (Lipinski definition) is 1. The van der Waals surface area contributed by atoms with Crippen LogP contribution in [0.3, 0.4) is 0 Å². The zero-order valence-electron chi connectivity index (χ0n) is 10.9. The SMILES string of the molecule is COc1cccc(C(=O)CN2CCNCC2)c1.Cl.Cl. The minimum Gasteiger partial charge on any atom is -0.497 e. The molecule has 0 aromatic heterocycles. The molecule has 1 N–H and O–H groups in total. The summed E-state index contributed by atoms with van der Waals surface area (Å²) in [5, 5.41) is 3.27. The minimum atomic E-state index is 0. The van der Waals surface area contributed by atoms with Gasteiger partial charge in [-0.3, -0.25) is 9.69 Å². The topological polar surface area (TPSA) is 41.6 Å². The predicted octanol–water partition coefficient (Wildman–Crippen LogP) is 1.63. The predicted molar refractivity (Wildman–Crippen MR) is 81.1 cm³/mol. The van der Waals surface area contributed by atoms with Crippen LogP contribution in [0.4, 0.5) is 0 Å². The molecule has 0 aliphatic carbocycles. The van der Waals surface area contributed by atoms with Crippen LogP contribution in [0.5, 0.6) is 5.75 Å². The van der Waals surface area contributed by atoms with Gasteiger partial charge in [-0.1, -0.05) is 12.1 Å². The van der Waals surface area contributed by atoms with Crippen molar-refractivity contribution in [3.05, 3.63) is 29.8 Å². The molecule has 6 heteroatoms. The monoisotopic (exact) mass is 306 g/mol. The Morgan fingerprint density at radius 2 is 2.00 bits per heavy atom. The maximum absolute atomic E-state index is 12.1. The fraction of sp³-hybridized carbons (Fsp3) is 0.462. The number of carbonyl (C=O) groups is 1. The van der Waals surface area contributed by atoms with Gasteiger partial charge in [0.15, 0.2) is 5.78 Å². The van der Waals surface area contributed by atoms with Gasteiger partial charge in [-0.25, -0.2) is 0 Å². The van der Waals surface area contributed by atoms with Crippen molar-refractivity contribution in [2.45, 2.75) is 0 Å². The average molecular weight is 307 g/mol. The molecule has 1 aliphatic heterocycles. The lowest BCUT2D eigenvalue weighted by atomic mass is 10.1. The first kappa shape index (κ1) is 18.2. The van der Waals surface area contributed by atoms with E-state index in [2.05, 4.69) is 10.2 Å². The average Bonchev–Trinajstić information content (AvgIpc) is 2.40. The lowest BCUT2D eigenvalue weighted by Gasteiger charge is -2.26. The standard InChI is InChI=1S/C13H18N2O2.2ClH/c1-17-12-4-2-3-11(9-12)13(16)10-15-7-5-14-6-8-15;;/h2-4,9,14H,5-8,10H2,1H3;2*1H. The molecular weight excluding hydrogens is 287 g/mol. The molecular formula is C13H20Cl2N2O2. The van der Waals surface area contributed by atoms with Crippen LogP contribution in [0.1, 0.15) is 10.4 Å². The summed E-state index contributed by atoms with van der Waals surface area (Å²) in [6.07, 6.45) is 0. The lowest BCUT2D eigenvalue weighted by molar-refractivity contribution is 0.0921. The van der Waals surface area contributed by atoms with E-state index in [4.69, 9.17) is 4.74 Å². The number of nitrogens with one attached hydrogen (secondary N) is 1. The van der Waals surface area contributed by atoms with Gasteiger partial charge in [0.05, 0.1) is 13.7 Å². The van der Waals surface area contributed by atoms with Crippen LogP contribution in [-0.4, -0.2) is 50.5 Å². The van der Waals surface area contributed by atoms with Gasteiger partial charge >= 0.3 is 0 Å². The first-order valence-corrected chi connectivity index (χ1v) is 5.90. The van der Waals surface area contributed by atoms with Crippen LogP contribution in [-0.2, 0) is 0 Å². The Hall–Kier alpha value is -0.810. The van der Waals surface area contributed by atoms with Crippen LogP contribution < -0.4 is 10.1 Å². The summed E-state index contributed by atoms with van der Waals surface area (Å²) in [4.78, 5) is 14.2. The quantitative estimate of drug-likeness (QED) is 0.859. The molecule has 0 saturated carbocycles. The highest BCUT2D eigenvalue weighted by Crippen LogP contribution is 2.13. The van der Waals surface area contributed by atoms with Gasteiger partial charge in [0.25, 0.3) is 0 Å². The number of halogens is 2. The third-order valence-corrected chi connectivity index (χ3v) is 2.97. The Morgan fingerprint density at radius 1 is 1.32 bits per heavy atom. The molecule has 4 nitrogen and oxygen atoms in total. The normalized spacial score (nSPS) is 15.0. The molecule has 1 heterocycles. The second kappa shape index (κ2) is 9.15. The highest BCUT2D eigenvalue weighted by molar-refractivity contribution is 5.97. The highest BCUT2D eigenvalue weighted by atomic mass is 35.5. The summed E-state index contributed by atoms with van der Waals surface area (Å²) in [6, 6.07) is 7.34. The summed E-state index contributed by atoms with van der Waals surface area (Å²) in [5.41, 5.74) is 0.725. The van der Waals surface area contributed by atoms with Crippen LogP contribution >= 0.6 is 24.8 Å². The Bertz CT molecular complexity index is 396. The van der Waals surface area contributed by atoms with E-state index >= 15 is 0 Å². The van der Waals surface area contributed by atoms with Crippen molar-refractivity contribution in [1.29, 1.82) is 0 Å². The second-order valence-electron chi connectivity index (χ2n) is 4.18. The maximum Gasteiger partial charge on any atom is 0.176 e. The summed E-state index contributed by atoms with van der Waals surface area (Å²) in [7, 11) is 1.61. The van der Waals surface area contributed by atoms with Crippen molar-refractivity contribution >= 4 is 30.6 Å². The maximum atomic E-state index is 12.1. The highest BCUT2D eigenvalue weighted by Gasteiger charge is 2.14. The van der Waals surface area contributed by atoms with E-state index in [0.29, 0.717) is 6.54 Å². The van der Waals surface area contributed by atoms with E-state index in [0.717, 1.165) is 37.5 Å². The molecule has 2 rings (SSSR count). The zero-order valence-corrected chi connectivity index (χ0v) is 12.6. The fourth-order valence-electron chi connectivity index (χ4n) is 1.96. The summed E-state index contributed by atoms with van der Waals surface area (Å²) >= 11 is 0. The number of methoxy groups -OCH3 is 1. The Balaban J connectivity index is 0.00000162. The molecule has 1 aromatic rings. The van der Waals surface area contributed by atoms with Gasteiger partial charge in [-0.15, -0.1) is 24.8 Å². The number of benzene rings is 1. The van der Waals surface area contributed by atoms with Gasteiger partial charge in [-0.05, 0) is 12.1 Å². The first-order valence-electron chi connectivity index (χ1n) is 5.90. The van der Waals surface area contributed by atoms with E-state index in [-0.39, 0.29) is 30.6 Å². The molecule has 108 valence electrons. The van der Waals surface area contributed by atoms with Crippen LogP contribution in [0.25, 0.3) is 0 Å². The molecule has 0 spiro atoms. The van der Waals surface area contributed by atoms with E-state index in [1.54, 1.807) is 13.2 Å². The molecule has 1 saturated heterocycles. The second-order valence-corrected chi connectivity index (χ2v) is 4.18. The van der Waals surface area contributed by atoms with Crippen LogP contribution in [0, 0.1) is 0 Å². The number of ketones is 1. The van der Waals surface area contributed by atoms with Crippen molar-refractivity contribution in [3.63, 3.8) is 0 Å². The van der Waals surface area contributed by atoms with Gasteiger partial charge in [0.1, 0.15) is 5.75 Å². The number of rotatable bonds is 4. The van der Waals surface area contributed by atoms with Gasteiger partial charge in [0.2, 0.25) is 0 Å².